The lowest BCUT2D eigenvalue weighted by atomic mass is 10.0. The average Bonchev–Trinajstić information content (AvgIpc) is 3.25. The van der Waals surface area contributed by atoms with Crippen LogP contribution in [0.2, 0.25) is 10.0 Å². The molecule has 6 nitrogen and oxygen atoms in total. The van der Waals surface area contributed by atoms with Gasteiger partial charge >= 0.3 is 0 Å². The summed E-state index contributed by atoms with van der Waals surface area (Å²) in [5.74, 6) is -0.456. The number of halogens is 2. The molecule has 1 heterocycles. The van der Waals surface area contributed by atoms with Crippen molar-refractivity contribution in [3.63, 3.8) is 0 Å². The van der Waals surface area contributed by atoms with Gasteiger partial charge in [0.25, 0.3) is 5.91 Å². The highest BCUT2D eigenvalue weighted by molar-refractivity contribution is 6.42. The number of benzene rings is 4. The number of carbonyl (C=O) groups is 3. The zero-order chi connectivity index (χ0) is 29.8. The molecule has 0 aromatic heterocycles. The van der Waals surface area contributed by atoms with Gasteiger partial charge in [-0.2, -0.15) is 0 Å². The van der Waals surface area contributed by atoms with Crippen molar-refractivity contribution in [2.24, 2.45) is 0 Å². The molecule has 1 aliphatic rings. The molecule has 42 heavy (non-hydrogen) atoms. The fourth-order valence-electron chi connectivity index (χ4n) is 5.50. The van der Waals surface area contributed by atoms with Gasteiger partial charge in [-0.15, -0.1) is 0 Å². The van der Waals surface area contributed by atoms with Gasteiger partial charge in [-0.25, -0.2) is 0 Å². The largest absolute Gasteiger partial charge is 0.352 e. The van der Waals surface area contributed by atoms with Crippen molar-refractivity contribution in [3.8, 4) is 0 Å². The maximum absolute atomic E-state index is 14.0. The second-order valence-electron chi connectivity index (χ2n) is 10.9. The van der Waals surface area contributed by atoms with Crippen molar-refractivity contribution in [1.82, 2.24) is 10.2 Å². The Bertz CT molecular complexity index is 1620. The number of anilines is 1. The SMILES string of the molecule is CC(C)NC(=O)[C@H](Cc1ccccc1)N(Cc1ccc(Cl)c(Cl)c1)C(=O)CCCN1C(=O)c2cccc3cccc1c23. The molecule has 1 atom stereocenters. The molecule has 0 bridgehead atoms. The van der Waals surface area contributed by atoms with Crippen molar-refractivity contribution in [2.45, 2.75) is 51.7 Å². The molecule has 4 aromatic carbocycles. The number of hydrogen-bond acceptors (Lipinski definition) is 3. The third-order valence-corrected chi connectivity index (χ3v) is 8.20. The number of nitrogens with one attached hydrogen (secondary N) is 1. The first-order valence-electron chi connectivity index (χ1n) is 14.1. The quantitative estimate of drug-likeness (QED) is 0.200. The van der Waals surface area contributed by atoms with E-state index in [1.54, 1.807) is 21.9 Å². The topological polar surface area (TPSA) is 69.7 Å². The number of carbonyl (C=O) groups excluding carboxylic acids is 3. The summed E-state index contributed by atoms with van der Waals surface area (Å²) < 4.78 is 0. The second kappa shape index (κ2) is 13.0. The molecule has 0 spiro atoms. The van der Waals surface area contributed by atoms with Gasteiger partial charge in [0.1, 0.15) is 6.04 Å². The number of rotatable bonds is 11. The summed E-state index contributed by atoms with van der Waals surface area (Å²) in [6.45, 7) is 4.37. The Labute approximate surface area is 256 Å². The molecule has 1 aliphatic heterocycles. The monoisotopic (exact) mass is 601 g/mol. The molecule has 0 aliphatic carbocycles. The molecule has 0 unspecified atom stereocenters. The molecular weight excluding hydrogens is 569 g/mol. The van der Waals surface area contributed by atoms with Gasteiger partial charge in [0.15, 0.2) is 0 Å². The summed E-state index contributed by atoms with van der Waals surface area (Å²) in [5.41, 5.74) is 3.27. The third kappa shape index (κ3) is 6.45. The second-order valence-corrected chi connectivity index (χ2v) is 11.7. The van der Waals surface area contributed by atoms with Gasteiger partial charge in [-0.1, -0.05) is 83.9 Å². The highest BCUT2D eigenvalue weighted by atomic mass is 35.5. The van der Waals surface area contributed by atoms with Crippen LogP contribution in [0.3, 0.4) is 0 Å². The molecular formula is C34H33Cl2N3O3. The summed E-state index contributed by atoms with van der Waals surface area (Å²) in [6, 6.07) is 25.7. The van der Waals surface area contributed by atoms with Gasteiger partial charge in [0.2, 0.25) is 11.8 Å². The van der Waals surface area contributed by atoms with Gasteiger partial charge < -0.3 is 15.1 Å². The van der Waals surface area contributed by atoms with Gasteiger partial charge in [-0.3, -0.25) is 14.4 Å². The smallest absolute Gasteiger partial charge is 0.258 e. The highest BCUT2D eigenvalue weighted by Crippen LogP contribution is 2.37. The standard InChI is InChI=1S/C34H33Cl2N3O3/c1-22(2)37-33(41)30(20-23-9-4-3-5-10-23)39(21-24-16-17-27(35)28(36)19-24)31(40)15-8-18-38-29-14-7-12-25-11-6-13-26(32(25)29)34(38)42/h3-7,9-14,16-17,19,22,30H,8,15,18,20-21H2,1-2H3,(H,37,41)/t30-/m0/s1. The fourth-order valence-corrected chi connectivity index (χ4v) is 5.82. The fraction of sp³-hybridized carbons (Fsp3) is 0.265. The lowest BCUT2D eigenvalue weighted by molar-refractivity contribution is -0.141. The lowest BCUT2D eigenvalue weighted by Crippen LogP contribution is -2.51. The average molecular weight is 603 g/mol. The molecule has 1 N–H and O–H groups in total. The van der Waals surface area contributed by atoms with Crippen LogP contribution in [-0.2, 0) is 22.6 Å². The van der Waals surface area contributed by atoms with Crippen LogP contribution < -0.4 is 10.2 Å². The Balaban J connectivity index is 1.39. The minimum atomic E-state index is -0.747. The molecule has 8 heteroatoms. The van der Waals surface area contributed by atoms with Crippen LogP contribution in [-0.4, -0.2) is 41.2 Å². The van der Waals surface area contributed by atoms with Crippen molar-refractivity contribution in [3.05, 3.63) is 112 Å². The first-order valence-corrected chi connectivity index (χ1v) is 14.9. The van der Waals surface area contributed by atoms with E-state index >= 15 is 0 Å². The zero-order valence-electron chi connectivity index (χ0n) is 23.6. The van der Waals surface area contributed by atoms with E-state index in [0.29, 0.717) is 35.0 Å². The molecule has 5 rings (SSSR count). The number of nitrogens with zero attached hydrogens (tertiary/aromatic N) is 2. The molecule has 0 fully saturated rings. The summed E-state index contributed by atoms with van der Waals surface area (Å²) >= 11 is 12.5. The van der Waals surface area contributed by atoms with E-state index in [1.807, 2.05) is 86.6 Å². The maximum Gasteiger partial charge on any atom is 0.258 e. The van der Waals surface area contributed by atoms with E-state index in [4.69, 9.17) is 23.2 Å². The summed E-state index contributed by atoms with van der Waals surface area (Å²) in [5, 5.41) is 5.77. The van der Waals surface area contributed by atoms with Crippen LogP contribution in [0.5, 0.6) is 0 Å². The van der Waals surface area contributed by atoms with Crippen LogP contribution in [0.1, 0.15) is 48.2 Å². The van der Waals surface area contributed by atoms with Crippen LogP contribution in [0, 0.1) is 0 Å². The van der Waals surface area contributed by atoms with Gasteiger partial charge in [0.05, 0.1) is 15.7 Å². The van der Waals surface area contributed by atoms with E-state index in [9.17, 15) is 14.4 Å². The molecule has 4 aromatic rings. The molecule has 0 radical (unpaired) electrons. The predicted octanol–water partition coefficient (Wildman–Crippen LogP) is 7.05. The Hall–Kier alpha value is -3.87. The first-order chi connectivity index (χ1) is 20.2. The van der Waals surface area contributed by atoms with Gasteiger partial charge in [-0.05, 0) is 61.0 Å². The van der Waals surface area contributed by atoms with E-state index < -0.39 is 6.04 Å². The Kier molecular flexibility index (Phi) is 9.15. The minimum Gasteiger partial charge on any atom is -0.352 e. The van der Waals surface area contributed by atoms with Crippen molar-refractivity contribution in [2.75, 3.05) is 11.4 Å². The molecule has 216 valence electrons. The zero-order valence-corrected chi connectivity index (χ0v) is 25.2. The highest BCUT2D eigenvalue weighted by Gasteiger charge is 2.32. The van der Waals surface area contributed by atoms with Gasteiger partial charge in [0, 0.05) is 42.9 Å². The summed E-state index contributed by atoms with van der Waals surface area (Å²) in [7, 11) is 0. The predicted molar refractivity (Wildman–Crippen MR) is 169 cm³/mol. The molecule has 3 amide bonds. The summed E-state index contributed by atoms with van der Waals surface area (Å²) in [6.07, 6.45) is 0.961. The number of hydrogen-bond donors (Lipinski definition) is 1. The van der Waals surface area contributed by atoms with Crippen LogP contribution in [0.4, 0.5) is 5.69 Å². The van der Waals surface area contributed by atoms with E-state index in [1.165, 1.54) is 0 Å². The normalized spacial score (nSPS) is 13.1. The van der Waals surface area contributed by atoms with E-state index in [-0.39, 0.29) is 36.7 Å². The van der Waals surface area contributed by atoms with Crippen molar-refractivity contribution >= 4 is 57.4 Å². The van der Waals surface area contributed by atoms with Crippen molar-refractivity contribution < 1.29 is 14.4 Å². The van der Waals surface area contributed by atoms with Crippen LogP contribution in [0.15, 0.2) is 84.9 Å². The van der Waals surface area contributed by atoms with Crippen LogP contribution >= 0.6 is 23.2 Å². The molecule has 0 saturated heterocycles. The molecule has 0 saturated carbocycles. The van der Waals surface area contributed by atoms with Crippen molar-refractivity contribution in [1.29, 1.82) is 0 Å². The van der Waals surface area contributed by atoms with E-state index in [2.05, 4.69) is 5.32 Å². The Morgan fingerprint density at radius 3 is 2.33 bits per heavy atom. The van der Waals surface area contributed by atoms with Crippen LogP contribution in [0.25, 0.3) is 10.8 Å². The van der Waals surface area contributed by atoms with E-state index in [0.717, 1.165) is 27.6 Å². The minimum absolute atomic E-state index is 0.0554. The maximum atomic E-state index is 14.0. The Morgan fingerprint density at radius 2 is 1.62 bits per heavy atom. The Morgan fingerprint density at radius 1 is 0.881 bits per heavy atom. The third-order valence-electron chi connectivity index (χ3n) is 7.46. The summed E-state index contributed by atoms with van der Waals surface area (Å²) in [4.78, 5) is 44.2. The lowest BCUT2D eigenvalue weighted by Gasteiger charge is -2.32. The first kappa shape index (κ1) is 29.6. The number of amides is 3.